The van der Waals surface area contributed by atoms with Gasteiger partial charge in [-0.1, -0.05) is 47.0 Å². The average molecular weight is 295 g/mol. The lowest BCUT2D eigenvalue weighted by Gasteiger charge is -2.52. The molecule has 21 heavy (non-hydrogen) atoms. The molecule has 2 rings (SSSR count). The van der Waals surface area contributed by atoms with Gasteiger partial charge in [0.2, 0.25) is 0 Å². The Kier molecular flexibility index (Phi) is 6.14. The first-order valence-electron chi connectivity index (χ1n) is 9.51. The van der Waals surface area contributed by atoms with Crippen LogP contribution in [0, 0.1) is 11.8 Å². The molecule has 0 spiro atoms. The minimum atomic E-state index is 0.313. The molecule has 124 valence electrons. The molecule has 0 aromatic carbocycles. The third-order valence-electron chi connectivity index (χ3n) is 6.28. The molecule has 0 amide bonds. The van der Waals surface area contributed by atoms with Crippen LogP contribution in [-0.2, 0) is 0 Å². The molecule has 3 unspecified atom stereocenters. The largest absolute Gasteiger partial charge is 0.309 e. The molecule has 2 aliphatic rings. The van der Waals surface area contributed by atoms with Crippen molar-refractivity contribution < 1.29 is 0 Å². The molecule has 2 fully saturated rings. The van der Waals surface area contributed by atoms with Crippen molar-refractivity contribution >= 4 is 0 Å². The molecule has 2 nitrogen and oxygen atoms in total. The number of piperazine rings is 1. The van der Waals surface area contributed by atoms with Gasteiger partial charge < -0.3 is 5.32 Å². The molecule has 1 saturated heterocycles. The lowest BCUT2D eigenvalue weighted by Crippen LogP contribution is -2.66. The van der Waals surface area contributed by atoms with Crippen molar-refractivity contribution in [3.05, 3.63) is 0 Å². The fourth-order valence-electron chi connectivity index (χ4n) is 4.62. The van der Waals surface area contributed by atoms with Crippen LogP contribution in [0.5, 0.6) is 0 Å². The number of nitrogens with zero attached hydrogens (tertiary/aromatic N) is 1. The summed E-state index contributed by atoms with van der Waals surface area (Å²) in [7, 11) is 0. The maximum atomic E-state index is 3.85. The first-order valence-corrected chi connectivity index (χ1v) is 9.51. The van der Waals surface area contributed by atoms with Crippen molar-refractivity contribution in [3.63, 3.8) is 0 Å². The summed E-state index contributed by atoms with van der Waals surface area (Å²) in [6.45, 7) is 14.4. The molecule has 1 N–H and O–H groups in total. The fraction of sp³-hybridized carbons (Fsp3) is 1.00. The zero-order valence-corrected chi connectivity index (χ0v) is 15.1. The van der Waals surface area contributed by atoms with E-state index in [1.807, 2.05) is 0 Å². The molecular formula is C19H38N2. The Hall–Kier alpha value is -0.0800. The van der Waals surface area contributed by atoms with Gasteiger partial charge >= 0.3 is 0 Å². The van der Waals surface area contributed by atoms with Gasteiger partial charge in [-0.15, -0.1) is 0 Å². The van der Waals surface area contributed by atoms with Crippen molar-refractivity contribution in [1.82, 2.24) is 10.2 Å². The predicted molar refractivity (Wildman–Crippen MR) is 92.7 cm³/mol. The second kappa shape index (κ2) is 7.46. The monoisotopic (exact) mass is 294 g/mol. The van der Waals surface area contributed by atoms with Crippen LogP contribution in [0.25, 0.3) is 0 Å². The number of hydrogen-bond donors (Lipinski definition) is 1. The summed E-state index contributed by atoms with van der Waals surface area (Å²) in [4.78, 5) is 2.92. The Morgan fingerprint density at radius 2 is 1.81 bits per heavy atom. The van der Waals surface area contributed by atoms with E-state index in [1.54, 1.807) is 0 Å². The highest BCUT2D eigenvalue weighted by Crippen LogP contribution is 2.35. The number of rotatable bonds is 5. The maximum Gasteiger partial charge on any atom is 0.0278 e. The Bertz CT molecular complexity index is 309. The highest BCUT2D eigenvalue weighted by atomic mass is 15.3. The molecule has 0 aromatic heterocycles. The maximum absolute atomic E-state index is 3.85. The Morgan fingerprint density at radius 3 is 2.33 bits per heavy atom. The topological polar surface area (TPSA) is 15.3 Å². The standard InChI is InChI=1S/C19H38N2/c1-6-17(16-11-9-8-10-12-16)21-14-19(5,7-2)20-13-18(21)15(3)4/h15-18,20H,6-14H2,1-5H3. The van der Waals surface area contributed by atoms with Gasteiger partial charge in [-0.05, 0) is 44.4 Å². The van der Waals surface area contributed by atoms with Crippen molar-refractivity contribution in [3.8, 4) is 0 Å². The molecule has 1 aliphatic carbocycles. The van der Waals surface area contributed by atoms with Crippen LogP contribution >= 0.6 is 0 Å². The van der Waals surface area contributed by atoms with Crippen LogP contribution in [0.1, 0.15) is 79.6 Å². The van der Waals surface area contributed by atoms with Gasteiger partial charge in [0.25, 0.3) is 0 Å². The van der Waals surface area contributed by atoms with Crippen molar-refractivity contribution in [2.24, 2.45) is 11.8 Å². The molecule has 2 heteroatoms. The van der Waals surface area contributed by atoms with E-state index in [0.29, 0.717) is 5.54 Å². The molecule has 1 heterocycles. The number of nitrogens with one attached hydrogen (secondary N) is 1. The molecule has 1 saturated carbocycles. The summed E-state index contributed by atoms with van der Waals surface area (Å²) in [6, 6.07) is 1.53. The van der Waals surface area contributed by atoms with Crippen LogP contribution in [0.4, 0.5) is 0 Å². The summed E-state index contributed by atoms with van der Waals surface area (Å²) in [5, 5.41) is 3.85. The molecule has 3 atom stereocenters. The summed E-state index contributed by atoms with van der Waals surface area (Å²) < 4.78 is 0. The lowest BCUT2D eigenvalue weighted by atomic mass is 9.79. The Labute approximate surface area is 133 Å². The molecule has 0 bridgehead atoms. The fourth-order valence-corrected chi connectivity index (χ4v) is 4.62. The SMILES string of the molecule is CCC(C1CCCCC1)N1CC(C)(CC)NCC1C(C)C. The van der Waals surface area contributed by atoms with Crippen LogP contribution in [0.2, 0.25) is 0 Å². The highest BCUT2D eigenvalue weighted by Gasteiger charge is 2.40. The van der Waals surface area contributed by atoms with E-state index in [2.05, 4.69) is 44.8 Å². The third kappa shape index (κ3) is 4.01. The van der Waals surface area contributed by atoms with Gasteiger partial charge in [0.05, 0.1) is 0 Å². The second-order valence-electron chi connectivity index (χ2n) is 8.15. The van der Waals surface area contributed by atoms with Gasteiger partial charge in [-0.25, -0.2) is 0 Å². The molecule has 1 aliphatic heterocycles. The van der Waals surface area contributed by atoms with E-state index in [0.717, 1.165) is 23.9 Å². The quantitative estimate of drug-likeness (QED) is 0.806. The molecule has 0 aromatic rings. The van der Waals surface area contributed by atoms with E-state index in [9.17, 15) is 0 Å². The lowest BCUT2D eigenvalue weighted by molar-refractivity contribution is -0.00521. The average Bonchev–Trinajstić information content (AvgIpc) is 2.49. The van der Waals surface area contributed by atoms with Gasteiger partial charge in [-0.2, -0.15) is 0 Å². The van der Waals surface area contributed by atoms with Gasteiger partial charge in [-0.3, -0.25) is 4.90 Å². The van der Waals surface area contributed by atoms with E-state index in [4.69, 9.17) is 0 Å². The van der Waals surface area contributed by atoms with Crippen molar-refractivity contribution in [2.75, 3.05) is 13.1 Å². The minimum Gasteiger partial charge on any atom is -0.309 e. The van der Waals surface area contributed by atoms with Gasteiger partial charge in [0, 0.05) is 30.7 Å². The first-order chi connectivity index (χ1) is 10.0. The smallest absolute Gasteiger partial charge is 0.0278 e. The van der Waals surface area contributed by atoms with E-state index in [1.165, 1.54) is 58.0 Å². The van der Waals surface area contributed by atoms with Crippen molar-refractivity contribution in [2.45, 2.75) is 97.2 Å². The third-order valence-corrected chi connectivity index (χ3v) is 6.28. The second-order valence-corrected chi connectivity index (χ2v) is 8.15. The summed E-state index contributed by atoms with van der Waals surface area (Å²) in [5.41, 5.74) is 0.313. The summed E-state index contributed by atoms with van der Waals surface area (Å²) >= 11 is 0. The minimum absolute atomic E-state index is 0.313. The Morgan fingerprint density at radius 1 is 1.14 bits per heavy atom. The van der Waals surface area contributed by atoms with Crippen LogP contribution in [-0.4, -0.2) is 35.6 Å². The first kappa shape index (κ1) is 17.3. The zero-order valence-electron chi connectivity index (χ0n) is 15.1. The predicted octanol–water partition coefficient (Wildman–Crippen LogP) is 4.44. The van der Waals surface area contributed by atoms with Crippen LogP contribution < -0.4 is 5.32 Å². The van der Waals surface area contributed by atoms with E-state index < -0.39 is 0 Å². The van der Waals surface area contributed by atoms with E-state index in [-0.39, 0.29) is 0 Å². The summed E-state index contributed by atoms with van der Waals surface area (Å²) in [6.07, 6.45) is 9.89. The number of hydrogen-bond acceptors (Lipinski definition) is 2. The highest BCUT2D eigenvalue weighted by molar-refractivity contribution is 4.98. The molecular weight excluding hydrogens is 256 g/mol. The van der Waals surface area contributed by atoms with Crippen molar-refractivity contribution in [1.29, 1.82) is 0 Å². The van der Waals surface area contributed by atoms with E-state index >= 15 is 0 Å². The zero-order chi connectivity index (χ0) is 15.5. The van der Waals surface area contributed by atoms with Crippen LogP contribution in [0.15, 0.2) is 0 Å². The van der Waals surface area contributed by atoms with Crippen LogP contribution in [0.3, 0.4) is 0 Å². The normalized spacial score (nSPS) is 34.3. The molecule has 0 radical (unpaired) electrons. The van der Waals surface area contributed by atoms with Gasteiger partial charge in [0.1, 0.15) is 0 Å². The Balaban J connectivity index is 2.15. The van der Waals surface area contributed by atoms with Gasteiger partial charge in [0.15, 0.2) is 0 Å². The summed E-state index contributed by atoms with van der Waals surface area (Å²) in [5.74, 6) is 1.70.